The van der Waals surface area contributed by atoms with Gasteiger partial charge >= 0.3 is 6.03 Å². The van der Waals surface area contributed by atoms with Gasteiger partial charge in [-0.3, -0.25) is 9.59 Å². The van der Waals surface area contributed by atoms with E-state index < -0.39 is 5.92 Å². The predicted octanol–water partition coefficient (Wildman–Crippen LogP) is 3.15. The van der Waals surface area contributed by atoms with Crippen molar-refractivity contribution in [1.29, 1.82) is 0 Å². The van der Waals surface area contributed by atoms with Crippen molar-refractivity contribution in [2.75, 3.05) is 26.0 Å². The topological polar surface area (TPSA) is 99.8 Å². The maximum absolute atomic E-state index is 12.8. The Balaban J connectivity index is 1.53. The summed E-state index contributed by atoms with van der Waals surface area (Å²) in [7, 11) is 3.32. The highest BCUT2D eigenvalue weighted by Crippen LogP contribution is 2.19. The second-order valence-electron chi connectivity index (χ2n) is 8.33. The first-order valence-electron chi connectivity index (χ1n) is 11.2. The van der Waals surface area contributed by atoms with E-state index in [1.807, 2.05) is 54.6 Å². The Hall–Kier alpha value is -3.55. The third-order valence-electron chi connectivity index (χ3n) is 5.81. The molecule has 1 heterocycles. The SMILES string of the molecule is COc1ccc(CNC(=O)[C@@H]2CCC[C@@H](NC(=O)Nc3ccccc3)CN(C)C(=O)C2)cc1. The van der Waals surface area contributed by atoms with Gasteiger partial charge < -0.3 is 25.6 Å². The molecular weight excluding hydrogens is 420 g/mol. The number of nitrogens with zero attached hydrogens (tertiary/aromatic N) is 1. The Morgan fingerprint density at radius 3 is 2.48 bits per heavy atom. The zero-order chi connectivity index (χ0) is 23.6. The first-order chi connectivity index (χ1) is 15.9. The van der Waals surface area contributed by atoms with Crippen LogP contribution in [0.25, 0.3) is 0 Å². The molecule has 8 heteroatoms. The summed E-state index contributed by atoms with van der Waals surface area (Å²) in [5, 5.41) is 8.72. The smallest absolute Gasteiger partial charge is 0.319 e. The summed E-state index contributed by atoms with van der Waals surface area (Å²) in [6.07, 6.45) is 2.17. The number of nitrogens with one attached hydrogen (secondary N) is 3. The van der Waals surface area contributed by atoms with Crippen LogP contribution in [0.2, 0.25) is 0 Å². The van der Waals surface area contributed by atoms with Crippen molar-refractivity contribution in [3.63, 3.8) is 0 Å². The van der Waals surface area contributed by atoms with Gasteiger partial charge in [-0.15, -0.1) is 0 Å². The fraction of sp³-hybridized carbons (Fsp3) is 0.400. The van der Waals surface area contributed by atoms with Crippen molar-refractivity contribution in [2.24, 2.45) is 5.92 Å². The maximum atomic E-state index is 12.8. The highest BCUT2D eigenvalue weighted by molar-refractivity contribution is 5.89. The fourth-order valence-electron chi connectivity index (χ4n) is 3.90. The predicted molar refractivity (Wildman–Crippen MR) is 127 cm³/mol. The van der Waals surface area contributed by atoms with Crippen LogP contribution in [0.5, 0.6) is 5.75 Å². The number of anilines is 1. The van der Waals surface area contributed by atoms with Crippen LogP contribution in [-0.2, 0) is 16.1 Å². The average molecular weight is 453 g/mol. The van der Waals surface area contributed by atoms with Gasteiger partial charge in [0.2, 0.25) is 11.8 Å². The standard InChI is InChI=1S/C25H32N4O4/c1-29-17-21(28-25(32)27-20-8-4-3-5-9-20)10-6-7-19(15-23(29)30)24(31)26-16-18-11-13-22(33-2)14-12-18/h3-5,8-9,11-14,19,21H,6-7,10,15-17H2,1-2H3,(H,26,31)(H2,27,28,32)/t19-,21-/m1/s1. The molecule has 176 valence electrons. The van der Waals surface area contributed by atoms with Crippen molar-refractivity contribution >= 4 is 23.5 Å². The summed E-state index contributed by atoms with van der Waals surface area (Å²) in [5.74, 6) is 0.142. The molecule has 0 bridgehead atoms. The van der Waals surface area contributed by atoms with E-state index in [9.17, 15) is 14.4 Å². The molecule has 3 N–H and O–H groups in total. The normalized spacial score (nSPS) is 19.0. The lowest BCUT2D eigenvalue weighted by Crippen LogP contribution is -2.45. The molecule has 0 radical (unpaired) electrons. The number of likely N-dealkylation sites (N-methyl/N-ethyl adjacent to an activating group) is 1. The van der Waals surface area contributed by atoms with Gasteiger partial charge in [0, 0.05) is 44.2 Å². The molecule has 33 heavy (non-hydrogen) atoms. The summed E-state index contributed by atoms with van der Waals surface area (Å²) in [6, 6.07) is 16.2. The van der Waals surface area contributed by atoms with Crippen LogP contribution in [0, 0.1) is 5.92 Å². The van der Waals surface area contributed by atoms with Gasteiger partial charge in [0.15, 0.2) is 0 Å². The summed E-state index contributed by atoms with van der Waals surface area (Å²) >= 11 is 0. The van der Waals surface area contributed by atoms with Crippen LogP contribution in [0.1, 0.15) is 31.2 Å². The number of amides is 4. The maximum Gasteiger partial charge on any atom is 0.319 e. The first-order valence-corrected chi connectivity index (χ1v) is 11.2. The number of urea groups is 1. The van der Waals surface area contributed by atoms with E-state index in [-0.39, 0.29) is 30.3 Å². The van der Waals surface area contributed by atoms with E-state index in [0.29, 0.717) is 31.6 Å². The Morgan fingerprint density at radius 2 is 1.79 bits per heavy atom. The van der Waals surface area contributed by atoms with Crippen LogP contribution in [-0.4, -0.2) is 49.5 Å². The van der Waals surface area contributed by atoms with Crippen molar-refractivity contribution < 1.29 is 19.1 Å². The van der Waals surface area contributed by atoms with Crippen LogP contribution in [0.4, 0.5) is 10.5 Å². The Bertz CT molecular complexity index is 933. The number of benzene rings is 2. The molecule has 0 aromatic heterocycles. The molecule has 0 spiro atoms. The monoisotopic (exact) mass is 452 g/mol. The van der Waals surface area contributed by atoms with E-state index >= 15 is 0 Å². The fourth-order valence-corrected chi connectivity index (χ4v) is 3.90. The van der Waals surface area contributed by atoms with Gasteiger partial charge in [-0.05, 0) is 42.7 Å². The van der Waals surface area contributed by atoms with Crippen LogP contribution >= 0.6 is 0 Å². The quantitative estimate of drug-likeness (QED) is 0.627. The van der Waals surface area contributed by atoms with E-state index in [2.05, 4.69) is 16.0 Å². The van der Waals surface area contributed by atoms with Gasteiger partial charge in [0.25, 0.3) is 0 Å². The molecular formula is C25H32N4O4. The van der Waals surface area contributed by atoms with Gasteiger partial charge in [0.1, 0.15) is 5.75 Å². The molecule has 1 fully saturated rings. The number of ether oxygens (including phenoxy) is 1. The average Bonchev–Trinajstić information content (AvgIpc) is 2.88. The van der Waals surface area contributed by atoms with Crippen LogP contribution < -0.4 is 20.7 Å². The molecule has 2 aromatic rings. The van der Waals surface area contributed by atoms with Crippen molar-refractivity contribution in [3.05, 3.63) is 60.2 Å². The van der Waals surface area contributed by atoms with E-state index in [1.165, 1.54) is 0 Å². The lowest BCUT2D eigenvalue weighted by Gasteiger charge is -2.24. The van der Waals surface area contributed by atoms with Crippen molar-refractivity contribution in [2.45, 2.75) is 38.3 Å². The molecule has 4 amide bonds. The minimum atomic E-state index is -0.393. The van der Waals surface area contributed by atoms with Crippen molar-refractivity contribution in [3.8, 4) is 5.75 Å². The molecule has 0 unspecified atom stereocenters. The number of methoxy groups -OCH3 is 1. The van der Waals surface area contributed by atoms with E-state index in [0.717, 1.165) is 17.7 Å². The lowest BCUT2D eigenvalue weighted by atomic mass is 9.96. The van der Waals surface area contributed by atoms with Gasteiger partial charge in [-0.2, -0.15) is 0 Å². The molecule has 2 aromatic carbocycles. The summed E-state index contributed by atoms with van der Waals surface area (Å²) < 4.78 is 5.15. The molecule has 0 aliphatic carbocycles. The van der Waals surface area contributed by atoms with Gasteiger partial charge in [-0.25, -0.2) is 4.79 Å². The first kappa shape index (κ1) is 24.1. The number of carbonyl (C=O) groups excluding carboxylic acids is 3. The highest BCUT2D eigenvalue weighted by atomic mass is 16.5. The minimum absolute atomic E-state index is 0.100. The Kier molecular flexibility index (Phi) is 8.69. The van der Waals surface area contributed by atoms with Crippen LogP contribution in [0.15, 0.2) is 54.6 Å². The van der Waals surface area contributed by atoms with Gasteiger partial charge in [0.05, 0.1) is 7.11 Å². The number of rotatable bonds is 6. The zero-order valence-electron chi connectivity index (χ0n) is 19.2. The molecule has 1 saturated heterocycles. The molecule has 1 aliphatic heterocycles. The second-order valence-corrected chi connectivity index (χ2v) is 8.33. The lowest BCUT2D eigenvalue weighted by molar-refractivity contribution is -0.135. The third kappa shape index (κ3) is 7.52. The third-order valence-corrected chi connectivity index (χ3v) is 5.81. The van der Waals surface area contributed by atoms with E-state index in [4.69, 9.17) is 4.74 Å². The summed E-state index contributed by atoms with van der Waals surface area (Å²) in [4.78, 5) is 39.5. The molecule has 2 atom stereocenters. The number of hydrogen-bond donors (Lipinski definition) is 3. The Morgan fingerprint density at radius 1 is 1.06 bits per heavy atom. The number of hydrogen-bond acceptors (Lipinski definition) is 4. The van der Waals surface area contributed by atoms with Crippen LogP contribution in [0.3, 0.4) is 0 Å². The second kappa shape index (κ2) is 11.9. The summed E-state index contributed by atoms with van der Waals surface area (Å²) in [5.41, 5.74) is 1.67. The van der Waals surface area contributed by atoms with Gasteiger partial charge in [-0.1, -0.05) is 36.8 Å². The summed E-state index contributed by atoms with van der Waals surface area (Å²) in [6.45, 7) is 0.800. The number of para-hydroxylation sites is 1. The zero-order valence-corrected chi connectivity index (χ0v) is 19.2. The number of carbonyl (C=O) groups is 3. The molecule has 1 aliphatic rings. The van der Waals surface area contributed by atoms with E-state index in [1.54, 1.807) is 19.1 Å². The highest BCUT2D eigenvalue weighted by Gasteiger charge is 2.27. The molecule has 3 rings (SSSR count). The molecule has 8 nitrogen and oxygen atoms in total. The largest absolute Gasteiger partial charge is 0.497 e. The van der Waals surface area contributed by atoms with Crippen molar-refractivity contribution in [1.82, 2.24) is 15.5 Å². The Labute approximate surface area is 194 Å². The minimum Gasteiger partial charge on any atom is -0.497 e. The molecule has 0 saturated carbocycles.